The fourth-order valence-electron chi connectivity index (χ4n) is 2.30. The zero-order valence-corrected chi connectivity index (χ0v) is 13.1. The van der Waals surface area contributed by atoms with Gasteiger partial charge in [0.1, 0.15) is 12.4 Å². The lowest BCUT2D eigenvalue weighted by molar-refractivity contribution is -0.376. The lowest BCUT2D eigenvalue weighted by Gasteiger charge is -2.33. The van der Waals surface area contributed by atoms with Gasteiger partial charge in [-0.1, -0.05) is 6.07 Å². The number of nitrogens with zero attached hydrogens (tertiary/aromatic N) is 2. The number of rotatable bonds is 3. The van der Waals surface area contributed by atoms with E-state index in [2.05, 4.69) is 4.99 Å². The number of aliphatic imine (C=N–C) groups is 1. The first-order chi connectivity index (χ1) is 11.4. The van der Waals surface area contributed by atoms with Gasteiger partial charge in [0, 0.05) is 12.6 Å². The monoisotopic (exact) mass is 372 g/mol. The van der Waals surface area contributed by atoms with Crippen LogP contribution in [-0.4, -0.2) is 50.8 Å². The van der Waals surface area contributed by atoms with E-state index in [1.54, 1.807) is 0 Å². The molecule has 0 aliphatic carbocycles. The number of amidine groups is 1. The highest BCUT2D eigenvalue weighted by atomic mass is 19.4. The summed E-state index contributed by atoms with van der Waals surface area (Å²) < 4.78 is 87.9. The molecule has 0 amide bonds. The smallest absolute Gasteiger partial charge is 0.430 e. The van der Waals surface area contributed by atoms with E-state index in [0.29, 0.717) is 25.3 Å². The first-order valence-electron chi connectivity index (χ1n) is 6.88. The van der Waals surface area contributed by atoms with Gasteiger partial charge in [0.15, 0.2) is 0 Å². The largest absolute Gasteiger partial charge is 0.495 e. The molecule has 25 heavy (non-hydrogen) atoms. The first kappa shape index (κ1) is 19.2. The quantitative estimate of drug-likeness (QED) is 0.830. The molecule has 0 unspecified atom stereocenters. The Morgan fingerprint density at radius 2 is 1.76 bits per heavy atom. The Bertz CT molecular complexity index is 658. The molecular formula is C14H14F6N2O3. The van der Waals surface area contributed by atoms with E-state index in [1.807, 2.05) is 0 Å². The summed E-state index contributed by atoms with van der Waals surface area (Å²) in [6.07, 6.45) is -11.9. The van der Waals surface area contributed by atoms with Crippen LogP contribution >= 0.6 is 0 Å². The summed E-state index contributed by atoms with van der Waals surface area (Å²) in [5, 5.41) is 9.45. The average Bonchev–Trinajstić information content (AvgIpc) is 3.05. The van der Waals surface area contributed by atoms with Crippen LogP contribution in [-0.2, 0) is 10.3 Å². The summed E-state index contributed by atoms with van der Waals surface area (Å²) in [6.45, 7) is 0.684. The summed E-state index contributed by atoms with van der Waals surface area (Å²) in [6, 6.07) is 2.13. The van der Waals surface area contributed by atoms with Crippen LogP contribution in [0.5, 0.6) is 5.75 Å². The minimum Gasteiger partial charge on any atom is -0.495 e. The van der Waals surface area contributed by atoms with Gasteiger partial charge in [-0.15, -0.1) is 0 Å². The standard InChI is InChI=1S/C14H14F6N2O3/c1-22(11-21-5-6-25-11)9-4-3-8(7-10(9)24-2)12(23,13(15,16)17)14(18,19)20/h3-4,7,23H,5-6H2,1-2H3. The molecule has 0 bridgehead atoms. The van der Waals surface area contributed by atoms with E-state index in [1.165, 1.54) is 11.9 Å². The van der Waals surface area contributed by atoms with Crippen molar-refractivity contribution in [3.8, 4) is 5.75 Å². The number of hydrogen-bond donors (Lipinski definition) is 1. The van der Waals surface area contributed by atoms with E-state index in [9.17, 15) is 31.4 Å². The number of halogens is 6. The molecule has 5 nitrogen and oxygen atoms in total. The third-order valence-electron chi connectivity index (χ3n) is 3.64. The second kappa shape index (κ2) is 6.28. The molecule has 2 rings (SSSR count). The Morgan fingerprint density at radius 3 is 2.20 bits per heavy atom. The van der Waals surface area contributed by atoms with Crippen molar-refractivity contribution < 1.29 is 40.9 Å². The predicted octanol–water partition coefficient (Wildman–Crippen LogP) is 2.83. The molecule has 1 aromatic rings. The molecule has 1 aliphatic rings. The normalized spacial score (nSPS) is 15.6. The van der Waals surface area contributed by atoms with Crippen molar-refractivity contribution in [3.63, 3.8) is 0 Å². The number of alkyl halides is 6. The third kappa shape index (κ3) is 3.20. The fourth-order valence-corrected chi connectivity index (χ4v) is 2.30. The van der Waals surface area contributed by atoms with E-state index >= 15 is 0 Å². The number of anilines is 1. The van der Waals surface area contributed by atoms with Gasteiger partial charge < -0.3 is 14.6 Å². The van der Waals surface area contributed by atoms with Gasteiger partial charge in [0.2, 0.25) is 0 Å². The number of ether oxygens (including phenoxy) is 2. The lowest BCUT2D eigenvalue weighted by atomic mass is 9.91. The van der Waals surface area contributed by atoms with Crippen LogP contribution < -0.4 is 9.64 Å². The van der Waals surface area contributed by atoms with Gasteiger partial charge in [-0.3, -0.25) is 4.90 Å². The summed E-state index contributed by atoms with van der Waals surface area (Å²) in [5.74, 6) is -0.315. The molecule has 0 spiro atoms. The van der Waals surface area contributed by atoms with Crippen molar-refractivity contribution in [3.05, 3.63) is 23.8 Å². The fraction of sp³-hybridized carbons (Fsp3) is 0.500. The van der Waals surface area contributed by atoms with Crippen LogP contribution in [0.15, 0.2) is 23.2 Å². The van der Waals surface area contributed by atoms with Crippen molar-refractivity contribution in [1.29, 1.82) is 0 Å². The van der Waals surface area contributed by atoms with Gasteiger partial charge in [0.25, 0.3) is 11.6 Å². The third-order valence-corrected chi connectivity index (χ3v) is 3.64. The van der Waals surface area contributed by atoms with E-state index in [-0.39, 0.29) is 17.5 Å². The van der Waals surface area contributed by atoms with Crippen molar-refractivity contribution >= 4 is 11.7 Å². The van der Waals surface area contributed by atoms with Crippen LogP contribution in [0.1, 0.15) is 5.56 Å². The molecular weight excluding hydrogens is 358 g/mol. The van der Waals surface area contributed by atoms with E-state index in [0.717, 1.165) is 13.2 Å². The van der Waals surface area contributed by atoms with Gasteiger partial charge >= 0.3 is 12.4 Å². The molecule has 1 aromatic carbocycles. The van der Waals surface area contributed by atoms with Crippen molar-refractivity contribution in [2.45, 2.75) is 18.0 Å². The highest BCUT2D eigenvalue weighted by Gasteiger charge is 2.71. The van der Waals surface area contributed by atoms with E-state index < -0.39 is 23.5 Å². The van der Waals surface area contributed by atoms with Crippen molar-refractivity contribution in [1.82, 2.24) is 0 Å². The summed E-state index contributed by atoms with van der Waals surface area (Å²) >= 11 is 0. The Morgan fingerprint density at radius 1 is 1.16 bits per heavy atom. The molecule has 0 saturated heterocycles. The molecule has 0 fully saturated rings. The highest BCUT2D eigenvalue weighted by Crippen LogP contribution is 2.51. The van der Waals surface area contributed by atoms with Crippen LogP contribution in [0.4, 0.5) is 32.0 Å². The molecule has 0 saturated carbocycles. The molecule has 1 heterocycles. The molecule has 1 N–H and O–H groups in total. The SMILES string of the molecule is COc1cc(C(O)(C(F)(F)F)C(F)(F)F)ccc1N(C)C1=NCCO1. The van der Waals surface area contributed by atoms with Gasteiger partial charge in [-0.2, -0.15) is 26.3 Å². The first-order valence-corrected chi connectivity index (χ1v) is 6.88. The Kier molecular flexibility index (Phi) is 4.81. The predicted molar refractivity (Wildman–Crippen MR) is 75.7 cm³/mol. The zero-order valence-electron chi connectivity index (χ0n) is 13.1. The topological polar surface area (TPSA) is 54.3 Å². The number of benzene rings is 1. The molecule has 11 heteroatoms. The molecule has 0 aromatic heterocycles. The van der Waals surface area contributed by atoms with Crippen molar-refractivity contribution in [2.24, 2.45) is 4.99 Å². The number of aliphatic hydroxyl groups is 1. The number of hydrogen-bond acceptors (Lipinski definition) is 5. The maximum absolute atomic E-state index is 13.0. The van der Waals surface area contributed by atoms with Crippen LogP contribution in [0, 0.1) is 0 Å². The number of methoxy groups -OCH3 is 1. The molecule has 0 atom stereocenters. The minimum atomic E-state index is -5.97. The average molecular weight is 372 g/mol. The molecule has 1 aliphatic heterocycles. The van der Waals surface area contributed by atoms with Crippen molar-refractivity contribution in [2.75, 3.05) is 32.2 Å². The Balaban J connectivity index is 2.54. The van der Waals surface area contributed by atoms with Crippen LogP contribution in [0.25, 0.3) is 0 Å². The second-order valence-corrected chi connectivity index (χ2v) is 5.16. The lowest BCUT2D eigenvalue weighted by Crippen LogP contribution is -2.53. The molecule has 0 radical (unpaired) electrons. The Hall–Kier alpha value is -2.17. The summed E-state index contributed by atoms with van der Waals surface area (Å²) in [5.41, 5.74) is -6.31. The van der Waals surface area contributed by atoms with E-state index in [4.69, 9.17) is 9.47 Å². The second-order valence-electron chi connectivity index (χ2n) is 5.16. The van der Waals surface area contributed by atoms with Crippen LogP contribution in [0.3, 0.4) is 0 Å². The van der Waals surface area contributed by atoms with Gasteiger partial charge in [0.05, 0.1) is 19.3 Å². The summed E-state index contributed by atoms with van der Waals surface area (Å²) in [4.78, 5) is 5.31. The maximum Gasteiger partial charge on any atom is 0.430 e. The molecule has 140 valence electrons. The minimum absolute atomic E-state index is 0.124. The zero-order chi connectivity index (χ0) is 19.0. The maximum atomic E-state index is 13.0. The summed E-state index contributed by atoms with van der Waals surface area (Å²) in [7, 11) is 2.54. The van der Waals surface area contributed by atoms with Gasteiger partial charge in [-0.25, -0.2) is 4.99 Å². The highest BCUT2D eigenvalue weighted by molar-refractivity contribution is 5.93. The Labute approximate surface area is 138 Å². The van der Waals surface area contributed by atoms with Crippen LogP contribution in [0.2, 0.25) is 0 Å². The van der Waals surface area contributed by atoms with Gasteiger partial charge in [-0.05, 0) is 12.1 Å².